The maximum absolute atomic E-state index is 15.1. The van der Waals surface area contributed by atoms with E-state index in [0.717, 1.165) is 23.1 Å². The average Bonchev–Trinajstić information content (AvgIpc) is 2.95. The summed E-state index contributed by atoms with van der Waals surface area (Å²) in [4.78, 5) is 22.1. The van der Waals surface area contributed by atoms with Crippen molar-refractivity contribution < 1.29 is 19.3 Å². The van der Waals surface area contributed by atoms with Crippen LogP contribution in [0.25, 0.3) is 22.2 Å². The molecule has 0 radical (unpaired) electrons. The zero-order valence-corrected chi connectivity index (χ0v) is 24.6. The minimum absolute atomic E-state index is 0.0101. The molecule has 10 heteroatoms. The summed E-state index contributed by atoms with van der Waals surface area (Å²) in [5.41, 5.74) is 3.25. The normalized spacial score (nSPS) is 17.5. The summed E-state index contributed by atoms with van der Waals surface area (Å²) < 4.78 is 22.5. The van der Waals surface area contributed by atoms with Gasteiger partial charge in [0.1, 0.15) is 5.69 Å². The summed E-state index contributed by atoms with van der Waals surface area (Å²) in [5, 5.41) is 27.7. The molecule has 0 aliphatic carbocycles. The molecule has 9 nitrogen and oxygen atoms in total. The van der Waals surface area contributed by atoms with E-state index < -0.39 is 17.5 Å². The number of nitrogens with zero attached hydrogens (tertiary/aromatic N) is 3. The number of ether oxygens (including phenoxy) is 1. The van der Waals surface area contributed by atoms with Gasteiger partial charge < -0.3 is 30.2 Å². The molecule has 222 valence electrons. The van der Waals surface area contributed by atoms with Crippen LogP contribution in [0.4, 0.5) is 16.0 Å². The van der Waals surface area contributed by atoms with Gasteiger partial charge in [-0.1, -0.05) is 18.2 Å². The zero-order valence-electron chi connectivity index (χ0n) is 24.6. The van der Waals surface area contributed by atoms with Crippen molar-refractivity contribution in [2.75, 3.05) is 23.8 Å². The Kier molecular flexibility index (Phi) is 8.32. The molecule has 1 saturated heterocycles. The van der Waals surface area contributed by atoms with E-state index in [2.05, 4.69) is 25.2 Å². The summed E-state index contributed by atoms with van der Waals surface area (Å²) in [6.07, 6.45) is 0.971. The number of rotatable bonds is 8. The Labute approximate surface area is 244 Å². The number of fused-ring (bicyclic) bond motifs is 1. The summed E-state index contributed by atoms with van der Waals surface area (Å²) in [6.45, 7) is 10.5. The van der Waals surface area contributed by atoms with Crippen LogP contribution >= 0.6 is 0 Å². The van der Waals surface area contributed by atoms with E-state index in [1.54, 1.807) is 32.0 Å². The fourth-order valence-corrected chi connectivity index (χ4v) is 5.43. The predicted molar refractivity (Wildman–Crippen MR) is 162 cm³/mol. The van der Waals surface area contributed by atoms with Crippen LogP contribution in [0.5, 0.6) is 0 Å². The van der Waals surface area contributed by atoms with E-state index in [0.29, 0.717) is 41.6 Å². The van der Waals surface area contributed by atoms with Crippen molar-refractivity contribution in [3.63, 3.8) is 0 Å². The highest BCUT2D eigenvalue weighted by molar-refractivity contribution is 5.85. The fourth-order valence-electron chi connectivity index (χ4n) is 5.43. The lowest BCUT2D eigenvalue weighted by atomic mass is 9.98. The Morgan fingerprint density at radius 3 is 2.71 bits per heavy atom. The highest BCUT2D eigenvalue weighted by Gasteiger charge is 2.25. The first kappa shape index (κ1) is 29.6. The molecule has 0 spiro atoms. The van der Waals surface area contributed by atoms with Crippen LogP contribution in [-0.4, -0.2) is 50.1 Å². The second kappa shape index (κ2) is 11.8. The largest absolute Gasteiger partial charge is 0.389 e. The first-order chi connectivity index (χ1) is 19.9. The fraction of sp³-hybridized carbons (Fsp3) is 0.406. The number of aliphatic hydroxyl groups is 2. The third-order valence-electron chi connectivity index (χ3n) is 7.77. The van der Waals surface area contributed by atoms with Gasteiger partial charge in [0, 0.05) is 40.5 Å². The van der Waals surface area contributed by atoms with Crippen molar-refractivity contribution in [1.82, 2.24) is 14.5 Å². The van der Waals surface area contributed by atoms with Crippen LogP contribution in [0, 0.1) is 12.7 Å². The number of anilines is 2. The van der Waals surface area contributed by atoms with Gasteiger partial charge in [-0.05, 0) is 70.9 Å². The standard InChI is InChI=1S/C32H38FN5O4/c1-18(2)38-26-13-20(29-24(33)15-35-31(37-29)36-25-11-12-42-17-28(25)39)9-10-23(26)30(40)19(3)27(38)16-34-22-8-6-7-21(14-22)32(4,5)41/h6-10,13-15,18,25,28,34,39,41H,11-12,16-17H2,1-5H3,(H,35,36,37)/t25-,28-/m1/s1. The highest BCUT2D eigenvalue weighted by Crippen LogP contribution is 2.29. The summed E-state index contributed by atoms with van der Waals surface area (Å²) in [6, 6.07) is 12.5. The number of aromatic nitrogens is 3. The van der Waals surface area contributed by atoms with Gasteiger partial charge in [0.2, 0.25) is 5.95 Å². The lowest BCUT2D eigenvalue weighted by Crippen LogP contribution is -2.42. The van der Waals surface area contributed by atoms with E-state index in [4.69, 9.17) is 4.74 Å². The second-order valence-corrected chi connectivity index (χ2v) is 11.7. The molecule has 1 aliphatic rings. The lowest BCUT2D eigenvalue weighted by molar-refractivity contribution is -0.0136. The van der Waals surface area contributed by atoms with Crippen LogP contribution < -0.4 is 16.1 Å². The number of pyridine rings is 1. The summed E-state index contributed by atoms with van der Waals surface area (Å²) in [5.74, 6) is -0.382. The van der Waals surface area contributed by atoms with Gasteiger partial charge in [0.25, 0.3) is 0 Å². The number of nitrogens with one attached hydrogen (secondary N) is 2. The monoisotopic (exact) mass is 575 g/mol. The number of halogens is 1. The molecule has 42 heavy (non-hydrogen) atoms. The van der Waals surface area contributed by atoms with E-state index in [9.17, 15) is 15.0 Å². The molecule has 5 rings (SSSR count). The van der Waals surface area contributed by atoms with E-state index in [1.807, 2.05) is 45.0 Å². The van der Waals surface area contributed by atoms with Crippen LogP contribution in [0.1, 0.15) is 57.0 Å². The molecule has 2 aromatic heterocycles. The first-order valence-electron chi connectivity index (χ1n) is 14.2. The van der Waals surface area contributed by atoms with Gasteiger partial charge in [-0.3, -0.25) is 4.79 Å². The van der Waals surface area contributed by atoms with Gasteiger partial charge in [-0.25, -0.2) is 14.4 Å². The van der Waals surface area contributed by atoms with Crippen molar-refractivity contribution in [3.05, 3.63) is 81.5 Å². The molecule has 0 bridgehead atoms. The van der Waals surface area contributed by atoms with Crippen molar-refractivity contribution in [3.8, 4) is 11.3 Å². The molecule has 2 atom stereocenters. The topological polar surface area (TPSA) is 122 Å². The molecule has 0 unspecified atom stereocenters. The Bertz CT molecular complexity index is 1660. The van der Waals surface area contributed by atoms with Crippen molar-refractivity contribution in [2.24, 2.45) is 0 Å². The van der Waals surface area contributed by atoms with Gasteiger partial charge in [0.05, 0.1) is 42.6 Å². The maximum Gasteiger partial charge on any atom is 0.223 e. The lowest BCUT2D eigenvalue weighted by Gasteiger charge is -2.28. The summed E-state index contributed by atoms with van der Waals surface area (Å²) in [7, 11) is 0. The smallest absolute Gasteiger partial charge is 0.223 e. The Hall–Kier alpha value is -3.86. The molecule has 4 aromatic rings. The van der Waals surface area contributed by atoms with E-state index >= 15 is 4.39 Å². The third kappa shape index (κ3) is 6.01. The molecule has 1 fully saturated rings. The Balaban J connectivity index is 1.54. The quantitative estimate of drug-likeness (QED) is 0.234. The van der Waals surface area contributed by atoms with Gasteiger partial charge in [-0.15, -0.1) is 0 Å². The Morgan fingerprint density at radius 1 is 1.21 bits per heavy atom. The van der Waals surface area contributed by atoms with E-state index in [-0.39, 0.29) is 35.8 Å². The van der Waals surface area contributed by atoms with Crippen molar-refractivity contribution in [2.45, 2.75) is 71.4 Å². The number of hydrogen-bond acceptors (Lipinski definition) is 8. The van der Waals surface area contributed by atoms with Gasteiger partial charge in [0.15, 0.2) is 11.2 Å². The highest BCUT2D eigenvalue weighted by atomic mass is 19.1. The molecular formula is C32H38FN5O4. The van der Waals surface area contributed by atoms with Crippen LogP contribution in [0.15, 0.2) is 53.5 Å². The van der Waals surface area contributed by atoms with Crippen molar-refractivity contribution in [1.29, 1.82) is 0 Å². The number of hydrogen-bond donors (Lipinski definition) is 4. The first-order valence-corrected chi connectivity index (χ1v) is 14.2. The predicted octanol–water partition coefficient (Wildman–Crippen LogP) is 4.89. The van der Waals surface area contributed by atoms with Crippen LogP contribution in [0.3, 0.4) is 0 Å². The van der Waals surface area contributed by atoms with Crippen LogP contribution in [-0.2, 0) is 16.9 Å². The third-order valence-corrected chi connectivity index (χ3v) is 7.77. The minimum Gasteiger partial charge on any atom is -0.389 e. The molecular weight excluding hydrogens is 537 g/mol. The van der Waals surface area contributed by atoms with Gasteiger partial charge in [-0.2, -0.15) is 0 Å². The Morgan fingerprint density at radius 2 is 2.00 bits per heavy atom. The second-order valence-electron chi connectivity index (χ2n) is 11.7. The minimum atomic E-state index is -0.983. The molecule has 0 amide bonds. The zero-order chi connectivity index (χ0) is 30.2. The van der Waals surface area contributed by atoms with Crippen molar-refractivity contribution >= 4 is 22.5 Å². The SMILES string of the molecule is Cc1c(CNc2cccc(C(C)(C)O)c2)n(C(C)C)c2cc(-c3nc(N[C@@H]4CCOC[C@H]4O)ncc3F)ccc2c1=O. The molecule has 0 saturated carbocycles. The summed E-state index contributed by atoms with van der Waals surface area (Å²) >= 11 is 0. The average molecular weight is 576 g/mol. The van der Waals surface area contributed by atoms with Gasteiger partial charge >= 0.3 is 0 Å². The van der Waals surface area contributed by atoms with E-state index in [1.165, 1.54) is 0 Å². The molecule has 1 aliphatic heterocycles. The molecule has 2 aromatic carbocycles. The molecule has 3 heterocycles. The maximum atomic E-state index is 15.1. The van der Waals surface area contributed by atoms with Crippen LogP contribution in [0.2, 0.25) is 0 Å². The number of benzene rings is 2. The molecule has 4 N–H and O–H groups in total. The number of aliphatic hydroxyl groups excluding tert-OH is 1.